The van der Waals surface area contributed by atoms with Gasteiger partial charge < -0.3 is 9.64 Å². The lowest BCUT2D eigenvalue weighted by Crippen LogP contribution is -2.15. The molecule has 0 aromatic heterocycles. The minimum Gasteiger partial charge on any atom is -0.493 e. The van der Waals surface area contributed by atoms with Gasteiger partial charge in [0, 0.05) is 6.54 Å². The molecule has 2 heteroatoms. The average molecular weight is 297 g/mol. The van der Waals surface area contributed by atoms with Crippen molar-refractivity contribution in [1.29, 1.82) is 0 Å². The zero-order chi connectivity index (χ0) is 15.8. The Labute approximate surface area is 134 Å². The van der Waals surface area contributed by atoms with E-state index >= 15 is 0 Å². The number of benzene rings is 2. The van der Waals surface area contributed by atoms with Gasteiger partial charge in [-0.3, -0.25) is 0 Å². The molecule has 2 aromatic carbocycles. The molecule has 22 heavy (non-hydrogen) atoms. The molecule has 0 amide bonds. The van der Waals surface area contributed by atoms with Gasteiger partial charge in [-0.1, -0.05) is 48.0 Å². The third-order valence-electron chi connectivity index (χ3n) is 3.75. The molecule has 0 heterocycles. The molecule has 0 atom stereocenters. The predicted molar refractivity (Wildman–Crippen MR) is 93.7 cm³/mol. The van der Waals surface area contributed by atoms with E-state index in [1.807, 2.05) is 0 Å². The van der Waals surface area contributed by atoms with E-state index in [1.165, 1.54) is 16.7 Å². The van der Waals surface area contributed by atoms with Crippen LogP contribution in [0, 0.1) is 6.92 Å². The highest BCUT2D eigenvalue weighted by Crippen LogP contribution is 2.20. The standard InChI is InChI=1S/C20H27NO/c1-17-8-6-9-18(16-17)12-13-19-10-4-5-11-20(19)22-15-7-14-21(2)3/h4-6,8-11,16H,7,12-15H2,1-3H3. The summed E-state index contributed by atoms with van der Waals surface area (Å²) in [6, 6.07) is 17.2. The van der Waals surface area contributed by atoms with Crippen molar-refractivity contribution in [3.63, 3.8) is 0 Å². The molecule has 0 fully saturated rings. The van der Waals surface area contributed by atoms with Crippen LogP contribution in [0.4, 0.5) is 0 Å². The number of para-hydroxylation sites is 1. The Morgan fingerprint density at radius 1 is 0.955 bits per heavy atom. The lowest BCUT2D eigenvalue weighted by Gasteiger charge is -2.13. The van der Waals surface area contributed by atoms with Crippen molar-refractivity contribution in [2.75, 3.05) is 27.2 Å². The zero-order valence-electron chi connectivity index (χ0n) is 14.0. The minimum atomic E-state index is 0.777. The van der Waals surface area contributed by atoms with Crippen molar-refractivity contribution in [1.82, 2.24) is 4.90 Å². The van der Waals surface area contributed by atoms with Crippen LogP contribution in [0.2, 0.25) is 0 Å². The fourth-order valence-electron chi connectivity index (χ4n) is 2.56. The average Bonchev–Trinajstić information content (AvgIpc) is 2.50. The van der Waals surface area contributed by atoms with Crippen LogP contribution in [0.3, 0.4) is 0 Å². The van der Waals surface area contributed by atoms with Crippen LogP contribution in [0.15, 0.2) is 48.5 Å². The first-order valence-corrected chi connectivity index (χ1v) is 8.06. The van der Waals surface area contributed by atoms with E-state index in [-0.39, 0.29) is 0 Å². The van der Waals surface area contributed by atoms with Crippen molar-refractivity contribution >= 4 is 0 Å². The Bertz CT molecular complexity index is 577. The van der Waals surface area contributed by atoms with Crippen molar-refractivity contribution < 1.29 is 4.74 Å². The van der Waals surface area contributed by atoms with Gasteiger partial charge in [-0.05, 0) is 57.5 Å². The molecule has 0 aliphatic rings. The number of hydrogen-bond donors (Lipinski definition) is 0. The molecule has 2 nitrogen and oxygen atoms in total. The Morgan fingerprint density at radius 2 is 1.77 bits per heavy atom. The van der Waals surface area contributed by atoms with Crippen molar-refractivity contribution in [3.8, 4) is 5.75 Å². The maximum Gasteiger partial charge on any atom is 0.122 e. The van der Waals surface area contributed by atoms with Gasteiger partial charge in [0.15, 0.2) is 0 Å². The molecule has 0 saturated carbocycles. The molecule has 0 aliphatic heterocycles. The summed E-state index contributed by atoms with van der Waals surface area (Å²) in [4.78, 5) is 2.19. The second kappa shape index (κ2) is 8.60. The topological polar surface area (TPSA) is 12.5 Å². The maximum atomic E-state index is 5.97. The first kappa shape index (κ1) is 16.6. The highest BCUT2D eigenvalue weighted by atomic mass is 16.5. The van der Waals surface area contributed by atoms with Gasteiger partial charge in [-0.15, -0.1) is 0 Å². The monoisotopic (exact) mass is 297 g/mol. The SMILES string of the molecule is Cc1cccc(CCc2ccccc2OCCCN(C)C)c1. The van der Waals surface area contributed by atoms with Gasteiger partial charge in [0.25, 0.3) is 0 Å². The van der Waals surface area contributed by atoms with E-state index in [0.717, 1.165) is 38.2 Å². The Hall–Kier alpha value is -1.80. The molecule has 2 rings (SSSR count). The van der Waals surface area contributed by atoms with E-state index in [2.05, 4.69) is 74.4 Å². The molecule has 118 valence electrons. The summed E-state index contributed by atoms with van der Waals surface area (Å²) in [6.07, 6.45) is 3.13. The number of rotatable bonds is 8. The number of aryl methyl sites for hydroxylation is 3. The first-order chi connectivity index (χ1) is 10.6. The third-order valence-corrected chi connectivity index (χ3v) is 3.75. The van der Waals surface area contributed by atoms with E-state index in [9.17, 15) is 0 Å². The Kier molecular flexibility index (Phi) is 6.47. The fraction of sp³-hybridized carbons (Fsp3) is 0.400. The molecule has 0 bridgehead atoms. The molecule has 0 spiro atoms. The molecule has 0 aliphatic carbocycles. The van der Waals surface area contributed by atoms with Gasteiger partial charge in [0.1, 0.15) is 5.75 Å². The van der Waals surface area contributed by atoms with E-state index in [4.69, 9.17) is 4.74 Å². The van der Waals surface area contributed by atoms with Crippen LogP contribution >= 0.6 is 0 Å². The number of ether oxygens (including phenoxy) is 1. The molecular weight excluding hydrogens is 270 g/mol. The lowest BCUT2D eigenvalue weighted by molar-refractivity contribution is 0.279. The molecular formula is C20H27NO. The van der Waals surface area contributed by atoms with Crippen LogP contribution in [0.25, 0.3) is 0 Å². The molecule has 2 aromatic rings. The summed E-state index contributed by atoms with van der Waals surface area (Å²) in [5, 5.41) is 0. The highest BCUT2D eigenvalue weighted by molar-refractivity contribution is 5.34. The second-order valence-corrected chi connectivity index (χ2v) is 6.10. The van der Waals surface area contributed by atoms with Gasteiger partial charge in [0.05, 0.1) is 6.61 Å². The van der Waals surface area contributed by atoms with Crippen molar-refractivity contribution in [2.24, 2.45) is 0 Å². The maximum absolute atomic E-state index is 5.97. The normalized spacial score (nSPS) is 10.9. The summed E-state index contributed by atoms with van der Waals surface area (Å²) in [7, 11) is 4.19. The quantitative estimate of drug-likeness (QED) is 0.680. The molecule has 0 saturated heterocycles. The van der Waals surface area contributed by atoms with Gasteiger partial charge >= 0.3 is 0 Å². The fourth-order valence-corrected chi connectivity index (χ4v) is 2.56. The largest absolute Gasteiger partial charge is 0.493 e. The number of hydrogen-bond acceptors (Lipinski definition) is 2. The van der Waals surface area contributed by atoms with Crippen LogP contribution in [0.1, 0.15) is 23.1 Å². The minimum absolute atomic E-state index is 0.777. The van der Waals surface area contributed by atoms with E-state index in [1.54, 1.807) is 0 Å². The molecule has 0 N–H and O–H groups in total. The summed E-state index contributed by atoms with van der Waals surface area (Å²) >= 11 is 0. The van der Waals surface area contributed by atoms with E-state index < -0.39 is 0 Å². The summed E-state index contributed by atoms with van der Waals surface area (Å²) in [5.74, 6) is 1.04. The summed E-state index contributed by atoms with van der Waals surface area (Å²) < 4.78 is 5.97. The van der Waals surface area contributed by atoms with E-state index in [0.29, 0.717) is 0 Å². The van der Waals surface area contributed by atoms with Crippen LogP contribution in [-0.2, 0) is 12.8 Å². The second-order valence-electron chi connectivity index (χ2n) is 6.10. The summed E-state index contributed by atoms with van der Waals surface area (Å²) in [5.41, 5.74) is 4.02. The van der Waals surface area contributed by atoms with Gasteiger partial charge in [-0.2, -0.15) is 0 Å². The Balaban J connectivity index is 1.90. The van der Waals surface area contributed by atoms with Gasteiger partial charge in [-0.25, -0.2) is 0 Å². The molecule has 0 unspecified atom stereocenters. The third kappa shape index (κ3) is 5.53. The number of nitrogens with zero attached hydrogens (tertiary/aromatic N) is 1. The zero-order valence-corrected chi connectivity index (χ0v) is 14.0. The van der Waals surface area contributed by atoms with Crippen molar-refractivity contribution in [2.45, 2.75) is 26.2 Å². The first-order valence-electron chi connectivity index (χ1n) is 8.06. The summed E-state index contributed by atoms with van der Waals surface area (Å²) in [6.45, 7) is 3.98. The highest BCUT2D eigenvalue weighted by Gasteiger charge is 2.04. The van der Waals surface area contributed by atoms with Crippen LogP contribution in [0.5, 0.6) is 5.75 Å². The predicted octanol–water partition coefficient (Wildman–Crippen LogP) is 4.11. The van der Waals surface area contributed by atoms with Crippen LogP contribution < -0.4 is 4.74 Å². The smallest absolute Gasteiger partial charge is 0.122 e. The Morgan fingerprint density at radius 3 is 2.55 bits per heavy atom. The van der Waals surface area contributed by atoms with Gasteiger partial charge in [0.2, 0.25) is 0 Å². The molecule has 0 radical (unpaired) electrons. The lowest BCUT2D eigenvalue weighted by atomic mass is 10.0. The van der Waals surface area contributed by atoms with Crippen LogP contribution in [-0.4, -0.2) is 32.1 Å². The van der Waals surface area contributed by atoms with Crippen molar-refractivity contribution in [3.05, 3.63) is 65.2 Å².